The molecule has 0 radical (unpaired) electrons. The fraction of sp³-hybridized carbons (Fsp3) is 0.133. The summed E-state index contributed by atoms with van der Waals surface area (Å²) in [5.41, 5.74) is 2.86. The van der Waals surface area contributed by atoms with Gasteiger partial charge in [0.15, 0.2) is 5.65 Å². The molecule has 0 saturated carbocycles. The first-order chi connectivity index (χ1) is 10.5. The average molecular weight is 427 g/mol. The minimum Gasteiger partial charge on any atom is -0.321 e. The molecule has 0 saturated heterocycles. The van der Waals surface area contributed by atoms with Crippen LogP contribution in [-0.4, -0.2) is 20.7 Å². The molecule has 3 rings (SSSR count). The van der Waals surface area contributed by atoms with E-state index in [4.69, 9.17) is 11.6 Å². The van der Waals surface area contributed by atoms with Crippen LogP contribution in [0, 0.1) is 10.5 Å². The SMILES string of the molecule is Cc1nn(C)c2ncc(NC(=O)c3ccc(Cl)c(I)c3)cc12. The van der Waals surface area contributed by atoms with Crippen LogP contribution in [0.2, 0.25) is 5.02 Å². The molecule has 0 aliphatic carbocycles. The van der Waals surface area contributed by atoms with E-state index in [-0.39, 0.29) is 5.91 Å². The summed E-state index contributed by atoms with van der Waals surface area (Å²) in [6.07, 6.45) is 1.63. The van der Waals surface area contributed by atoms with Gasteiger partial charge in [-0.3, -0.25) is 9.48 Å². The van der Waals surface area contributed by atoms with Crippen LogP contribution in [0.1, 0.15) is 16.1 Å². The molecule has 0 bridgehead atoms. The largest absolute Gasteiger partial charge is 0.321 e. The Morgan fingerprint density at radius 2 is 2.14 bits per heavy atom. The third-order valence-corrected chi connectivity index (χ3v) is 4.84. The van der Waals surface area contributed by atoms with Crippen molar-refractivity contribution < 1.29 is 4.79 Å². The molecule has 22 heavy (non-hydrogen) atoms. The Morgan fingerprint density at radius 3 is 2.86 bits per heavy atom. The van der Waals surface area contributed by atoms with Gasteiger partial charge in [-0.2, -0.15) is 5.10 Å². The van der Waals surface area contributed by atoms with E-state index in [1.807, 2.05) is 20.0 Å². The first-order valence-electron chi connectivity index (χ1n) is 6.51. The summed E-state index contributed by atoms with van der Waals surface area (Å²) >= 11 is 8.07. The van der Waals surface area contributed by atoms with Crippen molar-refractivity contribution in [3.63, 3.8) is 0 Å². The van der Waals surface area contributed by atoms with Crippen LogP contribution >= 0.6 is 34.2 Å². The highest BCUT2D eigenvalue weighted by Gasteiger charge is 2.11. The number of carbonyl (C=O) groups excluding carboxylic acids is 1. The summed E-state index contributed by atoms with van der Waals surface area (Å²) in [6, 6.07) is 7.04. The molecule has 0 spiro atoms. The zero-order valence-electron chi connectivity index (χ0n) is 11.9. The van der Waals surface area contributed by atoms with E-state index in [0.717, 1.165) is 20.3 Å². The van der Waals surface area contributed by atoms with E-state index in [1.165, 1.54) is 0 Å². The number of fused-ring (bicyclic) bond motifs is 1. The lowest BCUT2D eigenvalue weighted by Gasteiger charge is -2.06. The van der Waals surface area contributed by atoms with Crippen molar-refractivity contribution in [3.8, 4) is 0 Å². The number of hydrogen-bond donors (Lipinski definition) is 1. The highest BCUT2D eigenvalue weighted by molar-refractivity contribution is 14.1. The molecular weight excluding hydrogens is 415 g/mol. The van der Waals surface area contributed by atoms with Gasteiger partial charge in [0.1, 0.15) is 0 Å². The molecule has 5 nitrogen and oxygen atoms in total. The number of benzene rings is 1. The Kier molecular flexibility index (Phi) is 4.05. The number of rotatable bonds is 2. The summed E-state index contributed by atoms with van der Waals surface area (Å²) in [5, 5.41) is 8.72. The van der Waals surface area contributed by atoms with E-state index in [2.05, 4.69) is 38.0 Å². The number of aryl methyl sites for hydroxylation is 2. The van der Waals surface area contributed by atoms with Crippen molar-refractivity contribution in [2.75, 3.05) is 5.32 Å². The standard InChI is InChI=1S/C15H12ClIN4O/c1-8-11-6-10(7-18-14(11)21(2)20-8)19-15(22)9-3-4-12(16)13(17)5-9/h3-7H,1-2H3,(H,19,22). The first-order valence-corrected chi connectivity index (χ1v) is 7.97. The molecule has 1 amide bonds. The second-order valence-electron chi connectivity index (χ2n) is 4.89. The van der Waals surface area contributed by atoms with Gasteiger partial charge in [-0.1, -0.05) is 11.6 Å². The summed E-state index contributed by atoms with van der Waals surface area (Å²) in [6.45, 7) is 1.91. The fourth-order valence-corrected chi connectivity index (χ4v) is 2.85. The van der Waals surface area contributed by atoms with Crippen molar-refractivity contribution >= 4 is 56.8 Å². The topological polar surface area (TPSA) is 59.8 Å². The van der Waals surface area contributed by atoms with Gasteiger partial charge in [0.2, 0.25) is 0 Å². The summed E-state index contributed by atoms with van der Waals surface area (Å²) < 4.78 is 2.56. The zero-order valence-corrected chi connectivity index (χ0v) is 14.8. The third-order valence-electron chi connectivity index (χ3n) is 3.30. The molecule has 0 atom stereocenters. The summed E-state index contributed by atoms with van der Waals surface area (Å²) in [5.74, 6) is -0.197. The van der Waals surface area contributed by atoms with Crippen LogP contribution < -0.4 is 5.32 Å². The van der Waals surface area contributed by atoms with Crippen LogP contribution in [0.15, 0.2) is 30.5 Å². The highest BCUT2D eigenvalue weighted by Crippen LogP contribution is 2.22. The molecule has 2 heterocycles. The van der Waals surface area contributed by atoms with Crippen molar-refractivity contribution in [1.29, 1.82) is 0 Å². The molecule has 112 valence electrons. The number of carbonyl (C=O) groups is 1. The molecule has 7 heteroatoms. The fourth-order valence-electron chi connectivity index (χ4n) is 2.22. The lowest BCUT2D eigenvalue weighted by atomic mass is 10.2. The van der Waals surface area contributed by atoms with Crippen LogP contribution in [0.5, 0.6) is 0 Å². The number of hydrogen-bond acceptors (Lipinski definition) is 3. The Morgan fingerprint density at radius 1 is 1.36 bits per heavy atom. The average Bonchev–Trinajstić information content (AvgIpc) is 2.76. The predicted molar refractivity (Wildman–Crippen MR) is 95.4 cm³/mol. The highest BCUT2D eigenvalue weighted by atomic mass is 127. The van der Waals surface area contributed by atoms with Crippen molar-refractivity contribution in [2.45, 2.75) is 6.92 Å². The number of pyridine rings is 1. The van der Waals surface area contributed by atoms with Gasteiger partial charge in [-0.05, 0) is 53.8 Å². The van der Waals surface area contributed by atoms with Gasteiger partial charge in [0.25, 0.3) is 5.91 Å². The molecule has 1 N–H and O–H groups in total. The minimum atomic E-state index is -0.197. The minimum absolute atomic E-state index is 0.197. The molecule has 0 aliphatic heterocycles. The number of halogens is 2. The van der Waals surface area contributed by atoms with Crippen LogP contribution in [0.3, 0.4) is 0 Å². The second kappa shape index (κ2) is 5.85. The lowest BCUT2D eigenvalue weighted by molar-refractivity contribution is 0.102. The maximum Gasteiger partial charge on any atom is 0.255 e. The van der Waals surface area contributed by atoms with E-state index in [0.29, 0.717) is 16.3 Å². The van der Waals surface area contributed by atoms with Crippen molar-refractivity contribution in [2.24, 2.45) is 7.05 Å². The summed E-state index contributed by atoms with van der Waals surface area (Å²) in [4.78, 5) is 16.6. The molecule has 2 aromatic heterocycles. The number of aromatic nitrogens is 3. The van der Waals surface area contributed by atoms with Gasteiger partial charge >= 0.3 is 0 Å². The van der Waals surface area contributed by atoms with Crippen LogP contribution in [-0.2, 0) is 7.05 Å². The molecule has 1 aromatic carbocycles. The van der Waals surface area contributed by atoms with E-state index in [1.54, 1.807) is 29.1 Å². The van der Waals surface area contributed by atoms with Crippen LogP contribution in [0.25, 0.3) is 11.0 Å². The maximum atomic E-state index is 12.3. The van der Waals surface area contributed by atoms with Gasteiger partial charge in [0, 0.05) is 21.6 Å². The predicted octanol–water partition coefficient (Wildman–Crippen LogP) is 3.79. The van der Waals surface area contributed by atoms with Gasteiger partial charge in [-0.25, -0.2) is 4.98 Å². The molecule has 0 aliphatic rings. The van der Waals surface area contributed by atoms with Gasteiger partial charge < -0.3 is 5.32 Å². The quantitative estimate of drug-likeness (QED) is 0.634. The number of anilines is 1. The van der Waals surface area contributed by atoms with Crippen molar-refractivity contribution in [3.05, 3.63) is 50.3 Å². The third kappa shape index (κ3) is 2.80. The maximum absolute atomic E-state index is 12.3. The molecule has 3 aromatic rings. The zero-order chi connectivity index (χ0) is 15.9. The van der Waals surface area contributed by atoms with E-state index >= 15 is 0 Å². The number of nitrogens with zero attached hydrogens (tertiary/aromatic N) is 3. The molecule has 0 fully saturated rings. The first kappa shape index (κ1) is 15.2. The van der Waals surface area contributed by atoms with E-state index in [9.17, 15) is 4.79 Å². The van der Waals surface area contributed by atoms with Crippen molar-refractivity contribution in [1.82, 2.24) is 14.8 Å². The molecular formula is C15H12ClIN4O. The smallest absolute Gasteiger partial charge is 0.255 e. The molecule has 0 unspecified atom stereocenters. The van der Waals surface area contributed by atoms with Gasteiger partial charge in [-0.15, -0.1) is 0 Å². The van der Waals surface area contributed by atoms with E-state index < -0.39 is 0 Å². The second-order valence-corrected chi connectivity index (χ2v) is 6.46. The normalized spacial score (nSPS) is 10.9. The Hall–Kier alpha value is -1.67. The Bertz CT molecular complexity index is 891. The van der Waals surface area contributed by atoms with Crippen LogP contribution in [0.4, 0.5) is 5.69 Å². The lowest BCUT2D eigenvalue weighted by Crippen LogP contribution is -2.12. The monoisotopic (exact) mass is 426 g/mol. The van der Waals surface area contributed by atoms with Gasteiger partial charge in [0.05, 0.1) is 22.6 Å². The number of amides is 1. The Labute approximate surface area is 145 Å². The summed E-state index contributed by atoms with van der Waals surface area (Å²) in [7, 11) is 1.84. The Balaban J connectivity index is 1.90. The number of nitrogens with one attached hydrogen (secondary N) is 1.